The van der Waals surface area contributed by atoms with Crippen molar-refractivity contribution in [2.75, 3.05) is 6.61 Å². The molecule has 27 heavy (non-hydrogen) atoms. The van der Waals surface area contributed by atoms with E-state index in [4.69, 9.17) is 9.47 Å². The molecule has 0 amide bonds. The highest BCUT2D eigenvalue weighted by atomic mass is 19.3. The number of benzene rings is 2. The van der Waals surface area contributed by atoms with Crippen molar-refractivity contribution in [3.8, 4) is 5.75 Å². The number of imidazole rings is 1. The molecule has 1 unspecified atom stereocenters. The lowest BCUT2D eigenvalue weighted by atomic mass is 10.1. The van der Waals surface area contributed by atoms with E-state index in [0.717, 1.165) is 10.1 Å². The van der Waals surface area contributed by atoms with Crippen LogP contribution in [0.2, 0.25) is 0 Å². The number of hydrogen-bond donors (Lipinski definition) is 0. The summed E-state index contributed by atoms with van der Waals surface area (Å²) in [6.07, 6.45) is 0.737. The normalized spacial score (nSPS) is 14.4. The summed E-state index contributed by atoms with van der Waals surface area (Å²) in [6, 6.07) is 13.9. The quantitative estimate of drug-likeness (QED) is 0.634. The minimum atomic E-state index is -2.79. The van der Waals surface area contributed by atoms with Gasteiger partial charge in [-0.3, -0.25) is 4.57 Å². The fourth-order valence-electron chi connectivity index (χ4n) is 3.08. The minimum Gasteiger partial charge on any atom is -0.488 e. The number of carbonyl (C=O) groups is 1. The zero-order chi connectivity index (χ0) is 19.0. The number of hydrogen-bond acceptors (Lipinski definition) is 4. The van der Waals surface area contributed by atoms with Crippen LogP contribution in [0.15, 0.2) is 54.1 Å². The molecular weight excluding hydrogens is 354 g/mol. The van der Waals surface area contributed by atoms with Crippen molar-refractivity contribution in [1.82, 2.24) is 9.55 Å². The van der Waals surface area contributed by atoms with E-state index in [1.807, 2.05) is 24.3 Å². The Morgan fingerprint density at radius 3 is 2.74 bits per heavy atom. The van der Waals surface area contributed by atoms with Gasteiger partial charge < -0.3 is 9.47 Å². The number of para-hydroxylation sites is 3. The first-order chi connectivity index (χ1) is 13.0. The number of alkyl halides is 2. The summed E-state index contributed by atoms with van der Waals surface area (Å²) in [5.74, 6) is 0.0590. The molecule has 0 saturated heterocycles. The minimum absolute atomic E-state index is 0.00252. The Kier molecular flexibility index (Phi) is 4.35. The third-order valence-electron chi connectivity index (χ3n) is 4.36. The Hall–Kier alpha value is -3.22. The second-order valence-electron chi connectivity index (χ2n) is 6.15. The maximum absolute atomic E-state index is 13.6. The van der Waals surface area contributed by atoms with Gasteiger partial charge in [-0.05, 0) is 31.2 Å². The second kappa shape index (κ2) is 6.83. The van der Waals surface area contributed by atoms with E-state index in [0.29, 0.717) is 22.4 Å². The molecule has 138 valence electrons. The van der Waals surface area contributed by atoms with Crippen molar-refractivity contribution in [1.29, 1.82) is 0 Å². The average molecular weight is 370 g/mol. The van der Waals surface area contributed by atoms with Crippen LogP contribution in [-0.2, 0) is 9.53 Å². The van der Waals surface area contributed by atoms with Crippen molar-refractivity contribution in [3.05, 3.63) is 65.5 Å². The molecule has 4 rings (SSSR count). The molecule has 1 aliphatic rings. The molecule has 2 aromatic carbocycles. The maximum atomic E-state index is 13.6. The first-order valence-corrected chi connectivity index (χ1v) is 8.43. The van der Waals surface area contributed by atoms with E-state index >= 15 is 0 Å². The van der Waals surface area contributed by atoms with Crippen molar-refractivity contribution in [2.45, 2.75) is 19.6 Å². The Balaban J connectivity index is 1.61. The Morgan fingerprint density at radius 1 is 1.19 bits per heavy atom. The lowest BCUT2D eigenvalue weighted by molar-refractivity contribution is -0.144. The summed E-state index contributed by atoms with van der Waals surface area (Å²) in [4.78, 5) is 16.7. The number of carbonyl (C=O) groups excluding carboxylic acids is 1. The average Bonchev–Trinajstić information content (AvgIpc) is 3.07. The summed E-state index contributed by atoms with van der Waals surface area (Å²) < 4.78 is 38.9. The lowest BCUT2D eigenvalue weighted by Gasteiger charge is -2.19. The second-order valence-corrected chi connectivity index (χ2v) is 6.15. The van der Waals surface area contributed by atoms with Gasteiger partial charge in [0.2, 0.25) is 0 Å². The highest BCUT2D eigenvalue weighted by Gasteiger charge is 2.26. The molecule has 0 saturated carbocycles. The van der Waals surface area contributed by atoms with Gasteiger partial charge in [0.15, 0.2) is 11.9 Å². The van der Waals surface area contributed by atoms with Gasteiger partial charge in [0, 0.05) is 5.56 Å². The van der Waals surface area contributed by atoms with Crippen molar-refractivity contribution < 1.29 is 23.0 Å². The van der Waals surface area contributed by atoms with Crippen LogP contribution < -0.4 is 4.74 Å². The highest BCUT2D eigenvalue weighted by Crippen LogP contribution is 2.30. The topological polar surface area (TPSA) is 53.4 Å². The van der Waals surface area contributed by atoms with Crippen LogP contribution in [0.1, 0.15) is 31.0 Å². The van der Waals surface area contributed by atoms with Crippen molar-refractivity contribution >= 4 is 23.1 Å². The van der Waals surface area contributed by atoms with Crippen LogP contribution in [0, 0.1) is 0 Å². The van der Waals surface area contributed by atoms with E-state index in [2.05, 4.69) is 4.98 Å². The maximum Gasteiger partial charge on any atom is 0.338 e. The molecular formula is C20H16F2N2O3. The zero-order valence-corrected chi connectivity index (χ0v) is 14.4. The van der Waals surface area contributed by atoms with Gasteiger partial charge in [-0.2, -0.15) is 8.78 Å². The Labute approximate surface area is 153 Å². The fraction of sp³-hybridized carbons (Fsp3) is 0.200. The fourth-order valence-corrected chi connectivity index (χ4v) is 3.08. The molecule has 0 spiro atoms. The molecule has 7 heteroatoms. The molecule has 1 aliphatic heterocycles. The molecule has 5 nitrogen and oxygen atoms in total. The van der Waals surface area contributed by atoms with E-state index < -0.39 is 18.6 Å². The van der Waals surface area contributed by atoms with Crippen molar-refractivity contribution in [3.63, 3.8) is 0 Å². The lowest BCUT2D eigenvalue weighted by Crippen LogP contribution is -2.20. The first-order valence-electron chi connectivity index (χ1n) is 8.43. The van der Waals surface area contributed by atoms with Gasteiger partial charge >= 0.3 is 12.5 Å². The van der Waals surface area contributed by atoms with E-state index in [1.54, 1.807) is 30.3 Å². The van der Waals surface area contributed by atoms with Crippen LogP contribution >= 0.6 is 0 Å². The monoisotopic (exact) mass is 370 g/mol. The number of ether oxygens (including phenoxy) is 2. The number of halogens is 2. The van der Waals surface area contributed by atoms with Crippen LogP contribution in [0.5, 0.6) is 5.75 Å². The van der Waals surface area contributed by atoms with Crippen LogP contribution in [0.25, 0.3) is 17.1 Å². The number of rotatable bonds is 4. The first kappa shape index (κ1) is 17.2. The third-order valence-corrected chi connectivity index (χ3v) is 4.36. The van der Waals surface area contributed by atoms with Gasteiger partial charge in [-0.25, -0.2) is 9.78 Å². The highest BCUT2D eigenvalue weighted by molar-refractivity contribution is 5.95. The molecule has 1 aromatic heterocycles. The number of aromatic nitrogens is 2. The molecule has 0 aliphatic carbocycles. The molecule has 0 radical (unpaired) electrons. The van der Waals surface area contributed by atoms with Gasteiger partial charge in [-0.1, -0.05) is 30.3 Å². The SMILES string of the molecule is CC(OC(=O)C1=Cc2ccccc2OC1)c1nc2ccccc2n1C(F)F. The molecule has 0 N–H and O–H groups in total. The van der Waals surface area contributed by atoms with E-state index in [-0.39, 0.29) is 12.4 Å². The molecule has 2 heterocycles. The molecule has 0 bridgehead atoms. The predicted molar refractivity (Wildman–Crippen MR) is 95.4 cm³/mol. The number of nitrogens with zero attached hydrogens (tertiary/aromatic N) is 2. The Morgan fingerprint density at radius 2 is 1.93 bits per heavy atom. The van der Waals surface area contributed by atoms with Crippen LogP contribution in [-0.4, -0.2) is 22.1 Å². The van der Waals surface area contributed by atoms with Gasteiger partial charge in [0.1, 0.15) is 12.4 Å². The summed E-state index contributed by atoms with van der Waals surface area (Å²) in [6.45, 7) is -1.21. The van der Waals surface area contributed by atoms with Crippen LogP contribution in [0.3, 0.4) is 0 Å². The zero-order valence-electron chi connectivity index (χ0n) is 14.4. The van der Waals surface area contributed by atoms with Gasteiger partial charge in [-0.15, -0.1) is 0 Å². The predicted octanol–water partition coefficient (Wildman–Crippen LogP) is 4.51. The Bertz CT molecular complexity index is 1040. The third kappa shape index (κ3) is 3.16. The smallest absolute Gasteiger partial charge is 0.338 e. The molecule has 0 fully saturated rings. The van der Waals surface area contributed by atoms with Gasteiger partial charge in [0.25, 0.3) is 0 Å². The molecule has 1 atom stereocenters. The number of esters is 1. The van der Waals surface area contributed by atoms with Crippen molar-refractivity contribution in [2.24, 2.45) is 0 Å². The summed E-state index contributed by atoms with van der Waals surface area (Å²) >= 11 is 0. The standard InChI is InChI=1S/C20H16F2N2O3/c1-12(18-23-15-7-3-4-8-16(15)24(18)20(21)22)27-19(25)14-10-13-6-2-5-9-17(13)26-11-14/h2-10,12,20H,11H2,1H3. The summed E-state index contributed by atoms with van der Waals surface area (Å²) in [7, 11) is 0. The van der Waals surface area contributed by atoms with Gasteiger partial charge in [0.05, 0.1) is 16.6 Å². The summed E-state index contributed by atoms with van der Waals surface area (Å²) in [5, 5.41) is 0. The van der Waals surface area contributed by atoms with E-state index in [1.165, 1.54) is 6.92 Å². The number of fused-ring (bicyclic) bond motifs is 2. The largest absolute Gasteiger partial charge is 0.488 e. The van der Waals surface area contributed by atoms with E-state index in [9.17, 15) is 13.6 Å². The molecule has 3 aromatic rings. The van der Waals surface area contributed by atoms with Crippen LogP contribution in [0.4, 0.5) is 8.78 Å². The summed E-state index contributed by atoms with van der Waals surface area (Å²) in [5.41, 5.74) is 1.80.